The summed E-state index contributed by atoms with van der Waals surface area (Å²) < 4.78 is 43.7. The fraction of sp³-hybridized carbons (Fsp3) is 0.412. The van der Waals surface area contributed by atoms with E-state index < -0.39 is 12.1 Å². The van der Waals surface area contributed by atoms with Crippen molar-refractivity contribution in [3.8, 4) is 0 Å². The van der Waals surface area contributed by atoms with Gasteiger partial charge in [-0.1, -0.05) is 0 Å². The third kappa shape index (κ3) is 3.57. The molecule has 8 nitrogen and oxygen atoms in total. The van der Waals surface area contributed by atoms with E-state index in [2.05, 4.69) is 24.5 Å². The smallest absolute Gasteiger partial charge is 0.416 e. The van der Waals surface area contributed by atoms with E-state index in [9.17, 15) is 18.0 Å². The van der Waals surface area contributed by atoms with E-state index in [1.54, 1.807) is 13.1 Å². The summed E-state index contributed by atoms with van der Waals surface area (Å²) >= 11 is 0. The second-order valence-electron chi connectivity index (χ2n) is 6.62. The van der Waals surface area contributed by atoms with Gasteiger partial charge < -0.3 is 13.9 Å². The third-order valence-corrected chi connectivity index (χ3v) is 4.71. The molecule has 28 heavy (non-hydrogen) atoms. The molecule has 0 aliphatic carbocycles. The van der Waals surface area contributed by atoms with Crippen LogP contribution in [0.2, 0.25) is 0 Å². The molecule has 2 aromatic heterocycles. The van der Waals surface area contributed by atoms with Gasteiger partial charge in [-0.05, 0) is 18.2 Å². The lowest BCUT2D eigenvalue weighted by molar-refractivity contribution is -0.157. The van der Waals surface area contributed by atoms with Gasteiger partial charge in [0.1, 0.15) is 0 Å². The Morgan fingerprint density at radius 3 is 2.57 bits per heavy atom. The van der Waals surface area contributed by atoms with Gasteiger partial charge in [-0.15, -0.1) is 10.2 Å². The lowest BCUT2D eigenvalue weighted by atomic mass is 10.2. The standard InChI is InChI=1S/C17H17F3N6O2/c1-24-10-21-13-8-11(2-3-12(13)15(24)27)26-6-4-25(5-7-26)9-14-22-23-16(28-14)17(18,19)20/h2-3,8,10H,4-7,9H2,1H3. The maximum Gasteiger partial charge on any atom is 0.470 e. The first-order valence-electron chi connectivity index (χ1n) is 8.63. The van der Waals surface area contributed by atoms with Crippen molar-refractivity contribution in [3.63, 3.8) is 0 Å². The molecule has 0 N–H and O–H groups in total. The zero-order chi connectivity index (χ0) is 19.9. The number of anilines is 1. The van der Waals surface area contributed by atoms with Crippen molar-refractivity contribution in [3.05, 3.63) is 46.7 Å². The Kier molecular flexibility index (Phi) is 4.53. The van der Waals surface area contributed by atoms with Crippen molar-refractivity contribution < 1.29 is 17.6 Å². The number of aromatic nitrogens is 4. The second-order valence-corrected chi connectivity index (χ2v) is 6.62. The van der Waals surface area contributed by atoms with Crippen molar-refractivity contribution >= 4 is 16.6 Å². The molecule has 1 aliphatic rings. The van der Waals surface area contributed by atoms with Crippen LogP contribution in [0.1, 0.15) is 11.8 Å². The SMILES string of the molecule is Cn1cnc2cc(N3CCN(Cc4nnc(C(F)(F)F)o4)CC3)ccc2c1=O. The van der Waals surface area contributed by atoms with Crippen molar-refractivity contribution in [2.24, 2.45) is 7.05 Å². The molecule has 1 saturated heterocycles. The number of nitrogens with zero attached hydrogens (tertiary/aromatic N) is 6. The summed E-state index contributed by atoms with van der Waals surface area (Å²) in [6, 6.07) is 5.53. The van der Waals surface area contributed by atoms with E-state index in [0.717, 1.165) is 5.69 Å². The maximum atomic E-state index is 12.5. The van der Waals surface area contributed by atoms with Gasteiger partial charge in [-0.2, -0.15) is 13.2 Å². The van der Waals surface area contributed by atoms with Gasteiger partial charge in [0.2, 0.25) is 5.89 Å². The Balaban J connectivity index is 1.41. The van der Waals surface area contributed by atoms with Crippen molar-refractivity contribution in [2.45, 2.75) is 12.7 Å². The van der Waals surface area contributed by atoms with Crippen LogP contribution in [0.4, 0.5) is 18.9 Å². The lowest BCUT2D eigenvalue weighted by Gasteiger charge is -2.35. The van der Waals surface area contributed by atoms with Crippen LogP contribution in [0.3, 0.4) is 0 Å². The number of hydrogen-bond donors (Lipinski definition) is 0. The Morgan fingerprint density at radius 1 is 1.14 bits per heavy atom. The van der Waals surface area contributed by atoms with Gasteiger partial charge in [0.25, 0.3) is 5.56 Å². The predicted octanol–water partition coefficient (Wildman–Crippen LogP) is 1.66. The molecule has 0 bridgehead atoms. The molecule has 1 aliphatic heterocycles. The molecular formula is C17H17F3N6O2. The molecule has 0 saturated carbocycles. The van der Waals surface area contributed by atoms with E-state index >= 15 is 0 Å². The quantitative estimate of drug-likeness (QED) is 0.668. The first-order valence-corrected chi connectivity index (χ1v) is 8.63. The van der Waals surface area contributed by atoms with E-state index in [-0.39, 0.29) is 18.0 Å². The molecular weight excluding hydrogens is 377 g/mol. The number of rotatable bonds is 3. The van der Waals surface area contributed by atoms with E-state index in [1.807, 2.05) is 17.0 Å². The fourth-order valence-electron chi connectivity index (χ4n) is 3.18. The highest BCUT2D eigenvalue weighted by Crippen LogP contribution is 2.28. The fourth-order valence-corrected chi connectivity index (χ4v) is 3.18. The topological polar surface area (TPSA) is 80.3 Å². The average molecular weight is 394 g/mol. The Labute approximate surface area is 157 Å². The summed E-state index contributed by atoms with van der Waals surface area (Å²) in [6.45, 7) is 2.79. The van der Waals surface area contributed by atoms with Crippen molar-refractivity contribution in [1.29, 1.82) is 0 Å². The summed E-state index contributed by atoms with van der Waals surface area (Å²) in [4.78, 5) is 20.5. The molecule has 0 spiro atoms. The van der Waals surface area contributed by atoms with Gasteiger partial charge in [0, 0.05) is 38.9 Å². The van der Waals surface area contributed by atoms with Crippen LogP contribution < -0.4 is 10.5 Å². The van der Waals surface area contributed by atoms with Gasteiger partial charge >= 0.3 is 12.1 Å². The van der Waals surface area contributed by atoms with Gasteiger partial charge in [0.05, 0.1) is 23.8 Å². The minimum Gasteiger partial charge on any atom is -0.416 e. The highest BCUT2D eigenvalue weighted by atomic mass is 19.4. The third-order valence-electron chi connectivity index (χ3n) is 4.71. The van der Waals surface area contributed by atoms with Crippen LogP contribution in [0, 0.1) is 0 Å². The van der Waals surface area contributed by atoms with Gasteiger partial charge in [-0.3, -0.25) is 9.69 Å². The number of alkyl halides is 3. The molecule has 11 heteroatoms. The van der Waals surface area contributed by atoms with Crippen LogP contribution in [-0.2, 0) is 19.8 Å². The summed E-state index contributed by atoms with van der Waals surface area (Å²) in [5, 5.41) is 7.08. The van der Waals surface area contributed by atoms with Gasteiger partial charge in [0.15, 0.2) is 0 Å². The highest BCUT2D eigenvalue weighted by molar-refractivity contribution is 5.81. The van der Waals surface area contributed by atoms with Crippen LogP contribution in [0.25, 0.3) is 10.9 Å². The summed E-state index contributed by atoms with van der Waals surface area (Å²) in [6.07, 6.45) is -3.14. The van der Waals surface area contributed by atoms with Crippen LogP contribution >= 0.6 is 0 Å². The van der Waals surface area contributed by atoms with Gasteiger partial charge in [-0.25, -0.2) is 4.98 Å². The summed E-state index contributed by atoms with van der Waals surface area (Å²) in [5.74, 6) is -1.37. The zero-order valence-corrected chi connectivity index (χ0v) is 15.0. The van der Waals surface area contributed by atoms with Crippen LogP contribution in [0.5, 0.6) is 0 Å². The second kappa shape index (κ2) is 6.89. The molecule has 0 unspecified atom stereocenters. The minimum atomic E-state index is -4.63. The van der Waals surface area contributed by atoms with Crippen LogP contribution in [-0.4, -0.2) is 50.8 Å². The molecule has 0 radical (unpaired) electrons. The number of fused-ring (bicyclic) bond motifs is 1. The Morgan fingerprint density at radius 2 is 1.89 bits per heavy atom. The van der Waals surface area contributed by atoms with Crippen molar-refractivity contribution in [2.75, 3.05) is 31.1 Å². The number of aryl methyl sites for hydroxylation is 1. The lowest BCUT2D eigenvalue weighted by Crippen LogP contribution is -2.46. The highest BCUT2D eigenvalue weighted by Gasteiger charge is 2.38. The summed E-state index contributed by atoms with van der Waals surface area (Å²) in [7, 11) is 1.66. The number of halogens is 3. The molecule has 148 valence electrons. The predicted molar refractivity (Wildman–Crippen MR) is 93.8 cm³/mol. The number of hydrogen-bond acceptors (Lipinski definition) is 7. The molecule has 0 amide bonds. The number of benzene rings is 1. The maximum absolute atomic E-state index is 12.5. The molecule has 3 heterocycles. The first kappa shape index (κ1) is 18.4. The summed E-state index contributed by atoms with van der Waals surface area (Å²) in [5.41, 5.74) is 1.48. The zero-order valence-electron chi connectivity index (χ0n) is 15.0. The molecule has 0 atom stereocenters. The minimum absolute atomic E-state index is 0.0495. The van der Waals surface area contributed by atoms with Crippen LogP contribution in [0.15, 0.2) is 33.7 Å². The Bertz CT molecular complexity index is 1050. The molecule has 1 aromatic carbocycles. The molecule has 4 rings (SSSR count). The molecule has 1 fully saturated rings. The number of piperazine rings is 1. The molecule has 3 aromatic rings. The van der Waals surface area contributed by atoms with E-state index in [1.165, 1.54) is 10.9 Å². The largest absolute Gasteiger partial charge is 0.470 e. The van der Waals surface area contributed by atoms with Crippen molar-refractivity contribution in [1.82, 2.24) is 24.6 Å². The monoisotopic (exact) mass is 394 g/mol. The Hall–Kier alpha value is -2.95. The van der Waals surface area contributed by atoms with E-state index in [0.29, 0.717) is 37.1 Å². The van der Waals surface area contributed by atoms with E-state index in [4.69, 9.17) is 0 Å². The normalized spacial score (nSPS) is 16.1. The first-order chi connectivity index (χ1) is 13.3. The average Bonchev–Trinajstić information content (AvgIpc) is 3.14.